The van der Waals surface area contributed by atoms with Gasteiger partial charge in [0.1, 0.15) is 5.60 Å². The highest BCUT2D eigenvalue weighted by atomic mass is 28.4. The fraction of sp³-hybridized carbons (Fsp3) is 0.842. The summed E-state index contributed by atoms with van der Waals surface area (Å²) in [6, 6.07) is -0.295. The lowest BCUT2D eigenvalue weighted by Crippen LogP contribution is -2.46. The van der Waals surface area contributed by atoms with Crippen LogP contribution in [0.3, 0.4) is 0 Å². The highest BCUT2D eigenvalue weighted by Gasteiger charge is 2.41. The predicted molar refractivity (Wildman–Crippen MR) is 103 cm³/mol. The normalized spacial score (nSPS) is 22.6. The number of allylic oxidation sites excluding steroid dienone is 1. The molecule has 1 fully saturated rings. The molecule has 1 saturated heterocycles. The van der Waals surface area contributed by atoms with Gasteiger partial charge in [0.2, 0.25) is 0 Å². The van der Waals surface area contributed by atoms with E-state index in [0.29, 0.717) is 13.0 Å². The first-order chi connectivity index (χ1) is 11.9. The Bertz CT molecular complexity index is 548. The zero-order chi connectivity index (χ0) is 21.3. The number of hydrogen-bond acceptors (Lipinski definition) is 3. The number of carbonyl (C=O) groups is 1. The molecule has 0 radical (unpaired) electrons. The van der Waals surface area contributed by atoms with Gasteiger partial charge in [0.15, 0.2) is 8.32 Å². The smallest absolute Gasteiger partial charge is 0.410 e. The molecule has 0 aromatic carbocycles. The molecule has 0 aliphatic carbocycles. The standard InChI is InChI=1S/C19H34F3NO3Si/c1-17(2,3)26-16(24)23-12-14(9-10-19(20,21)22)11-15(23)13-25-27(7,8)18(4,5)6/h9-10,14-15H,11-13H2,1-8H3/b10-9-/t14-,15-/m0/s1. The lowest BCUT2D eigenvalue weighted by Gasteiger charge is -2.38. The third-order valence-electron chi connectivity index (χ3n) is 5.07. The van der Waals surface area contributed by atoms with E-state index in [2.05, 4.69) is 33.9 Å². The van der Waals surface area contributed by atoms with Crippen LogP contribution in [0.15, 0.2) is 12.2 Å². The molecule has 0 saturated carbocycles. The summed E-state index contributed by atoms with van der Waals surface area (Å²) in [6.45, 7) is 16.4. The van der Waals surface area contributed by atoms with E-state index < -0.39 is 26.2 Å². The Kier molecular flexibility index (Phi) is 7.25. The number of ether oxygens (including phenoxy) is 1. The van der Waals surface area contributed by atoms with Crippen LogP contribution in [0.2, 0.25) is 18.1 Å². The minimum atomic E-state index is -4.35. The fourth-order valence-corrected chi connectivity index (χ4v) is 3.60. The van der Waals surface area contributed by atoms with Gasteiger partial charge in [-0.3, -0.25) is 0 Å². The molecule has 1 aliphatic heterocycles. The van der Waals surface area contributed by atoms with E-state index in [0.717, 1.165) is 6.08 Å². The second-order valence-corrected chi connectivity index (χ2v) is 14.6. The van der Waals surface area contributed by atoms with Crippen LogP contribution in [0.4, 0.5) is 18.0 Å². The average Bonchev–Trinajstić information content (AvgIpc) is 2.82. The lowest BCUT2D eigenvalue weighted by atomic mass is 10.1. The van der Waals surface area contributed by atoms with E-state index >= 15 is 0 Å². The van der Waals surface area contributed by atoms with Gasteiger partial charge >= 0.3 is 12.3 Å². The molecule has 1 heterocycles. The van der Waals surface area contributed by atoms with Crippen LogP contribution in [0.1, 0.15) is 48.0 Å². The topological polar surface area (TPSA) is 38.8 Å². The summed E-state index contributed by atoms with van der Waals surface area (Å²) in [5.41, 5.74) is -0.665. The molecule has 27 heavy (non-hydrogen) atoms. The zero-order valence-electron chi connectivity index (χ0n) is 17.7. The van der Waals surface area contributed by atoms with Crippen LogP contribution >= 0.6 is 0 Å². The molecule has 0 aromatic heterocycles. The molecule has 4 nitrogen and oxygen atoms in total. The van der Waals surface area contributed by atoms with Crippen molar-refractivity contribution in [3.8, 4) is 0 Å². The van der Waals surface area contributed by atoms with Gasteiger partial charge in [-0.1, -0.05) is 26.8 Å². The SMILES string of the molecule is CC(C)(C)OC(=O)N1C[C@@H](/C=C\C(F)(F)F)C[C@H]1CO[Si](C)(C)C(C)(C)C. The predicted octanol–water partition coefficient (Wildman–Crippen LogP) is 5.75. The number of halogens is 3. The number of nitrogens with zero attached hydrogens (tertiary/aromatic N) is 1. The maximum absolute atomic E-state index is 12.6. The van der Waals surface area contributed by atoms with Gasteiger partial charge in [-0.25, -0.2) is 4.79 Å². The summed E-state index contributed by atoms with van der Waals surface area (Å²) in [7, 11) is -2.03. The van der Waals surface area contributed by atoms with Crippen molar-refractivity contribution in [3.05, 3.63) is 12.2 Å². The third-order valence-corrected chi connectivity index (χ3v) is 9.58. The number of likely N-dealkylation sites (tertiary alicyclic amines) is 1. The van der Waals surface area contributed by atoms with Gasteiger partial charge in [0, 0.05) is 12.6 Å². The van der Waals surface area contributed by atoms with E-state index in [-0.39, 0.29) is 29.6 Å². The van der Waals surface area contributed by atoms with Crippen molar-refractivity contribution in [2.45, 2.75) is 83.9 Å². The Morgan fingerprint density at radius 3 is 2.15 bits per heavy atom. The summed E-state index contributed by atoms with van der Waals surface area (Å²) in [5, 5.41) is 0.0118. The van der Waals surface area contributed by atoms with E-state index in [9.17, 15) is 18.0 Å². The van der Waals surface area contributed by atoms with Gasteiger partial charge in [0.05, 0.1) is 12.6 Å². The van der Waals surface area contributed by atoms with Crippen molar-refractivity contribution < 1.29 is 27.1 Å². The van der Waals surface area contributed by atoms with Crippen molar-refractivity contribution in [1.82, 2.24) is 4.90 Å². The second-order valence-electron chi connectivity index (χ2n) is 9.75. The van der Waals surface area contributed by atoms with Gasteiger partial charge in [0.25, 0.3) is 0 Å². The van der Waals surface area contributed by atoms with Crippen LogP contribution in [-0.2, 0) is 9.16 Å². The van der Waals surface area contributed by atoms with Crippen LogP contribution in [0.25, 0.3) is 0 Å². The van der Waals surface area contributed by atoms with Crippen molar-refractivity contribution >= 4 is 14.4 Å². The lowest BCUT2D eigenvalue weighted by molar-refractivity contribution is -0.0802. The fourth-order valence-electron chi connectivity index (χ4n) is 2.56. The maximum atomic E-state index is 12.6. The first kappa shape index (κ1) is 24.0. The monoisotopic (exact) mass is 409 g/mol. The number of rotatable bonds is 4. The van der Waals surface area contributed by atoms with Crippen LogP contribution in [-0.4, -0.2) is 50.3 Å². The molecule has 1 amide bonds. The summed E-state index contributed by atoms with van der Waals surface area (Å²) >= 11 is 0. The van der Waals surface area contributed by atoms with Crippen molar-refractivity contribution in [2.24, 2.45) is 5.92 Å². The van der Waals surface area contributed by atoms with Crippen LogP contribution < -0.4 is 0 Å². The van der Waals surface area contributed by atoms with Gasteiger partial charge in [-0.05, 0) is 51.2 Å². The second kappa shape index (κ2) is 8.15. The minimum Gasteiger partial charge on any atom is -0.444 e. The molecular formula is C19H34F3NO3Si. The first-order valence-electron chi connectivity index (χ1n) is 9.31. The minimum absolute atomic E-state index is 0.0118. The van der Waals surface area contributed by atoms with E-state index in [1.54, 1.807) is 20.8 Å². The number of alkyl halides is 3. The maximum Gasteiger partial charge on any atom is 0.410 e. The Labute approximate surface area is 162 Å². The average molecular weight is 410 g/mol. The summed E-state index contributed by atoms with van der Waals surface area (Å²) < 4.78 is 49.2. The molecule has 0 unspecified atom stereocenters. The molecule has 0 N–H and O–H groups in total. The molecule has 0 spiro atoms. The number of hydrogen-bond donors (Lipinski definition) is 0. The van der Waals surface area contributed by atoms with Crippen molar-refractivity contribution in [2.75, 3.05) is 13.2 Å². The van der Waals surface area contributed by atoms with Crippen LogP contribution in [0, 0.1) is 5.92 Å². The quantitative estimate of drug-likeness (QED) is 0.438. The summed E-state index contributed by atoms with van der Waals surface area (Å²) in [4.78, 5) is 14.1. The molecule has 158 valence electrons. The number of carbonyl (C=O) groups excluding carboxylic acids is 1. The van der Waals surface area contributed by atoms with E-state index in [1.807, 2.05) is 0 Å². The molecule has 8 heteroatoms. The largest absolute Gasteiger partial charge is 0.444 e. The van der Waals surface area contributed by atoms with E-state index in [4.69, 9.17) is 9.16 Å². The molecule has 0 bridgehead atoms. The third kappa shape index (κ3) is 7.85. The Hall–Kier alpha value is -1.02. The van der Waals surface area contributed by atoms with Gasteiger partial charge in [-0.2, -0.15) is 13.2 Å². The number of amides is 1. The first-order valence-corrected chi connectivity index (χ1v) is 12.2. The summed E-state index contributed by atoms with van der Waals surface area (Å²) in [6.07, 6.45) is -3.03. The van der Waals surface area contributed by atoms with Crippen molar-refractivity contribution in [1.29, 1.82) is 0 Å². The van der Waals surface area contributed by atoms with Crippen molar-refractivity contribution in [3.63, 3.8) is 0 Å². The summed E-state index contributed by atoms with van der Waals surface area (Å²) in [5.74, 6) is -0.368. The highest BCUT2D eigenvalue weighted by molar-refractivity contribution is 6.74. The van der Waals surface area contributed by atoms with Gasteiger partial charge in [-0.15, -0.1) is 0 Å². The Balaban J connectivity index is 2.91. The Morgan fingerprint density at radius 1 is 1.15 bits per heavy atom. The Morgan fingerprint density at radius 2 is 1.70 bits per heavy atom. The zero-order valence-corrected chi connectivity index (χ0v) is 18.7. The highest BCUT2D eigenvalue weighted by Crippen LogP contribution is 2.37. The molecule has 2 atom stereocenters. The van der Waals surface area contributed by atoms with Crippen LogP contribution in [0.5, 0.6) is 0 Å². The molecule has 1 rings (SSSR count). The van der Waals surface area contributed by atoms with Gasteiger partial charge < -0.3 is 14.1 Å². The molecule has 1 aliphatic rings. The molecular weight excluding hydrogens is 375 g/mol. The van der Waals surface area contributed by atoms with E-state index in [1.165, 1.54) is 4.90 Å². The molecule has 0 aromatic rings.